The summed E-state index contributed by atoms with van der Waals surface area (Å²) in [6.07, 6.45) is 0. The molecule has 7 heteroatoms. The Morgan fingerprint density at radius 1 is 1.15 bits per heavy atom. The van der Waals surface area contributed by atoms with E-state index in [1.165, 1.54) is 0 Å². The van der Waals surface area contributed by atoms with Gasteiger partial charge in [0, 0.05) is 0 Å². The van der Waals surface area contributed by atoms with E-state index in [0.717, 1.165) is 11.3 Å². The number of benzene rings is 1. The Bertz CT molecular complexity index is 634. The zero-order valence-corrected chi connectivity index (χ0v) is 12.5. The van der Waals surface area contributed by atoms with Gasteiger partial charge in [-0.25, -0.2) is 10.8 Å². The van der Waals surface area contributed by atoms with Crippen molar-refractivity contribution in [2.75, 3.05) is 17.9 Å². The van der Waals surface area contributed by atoms with E-state index in [2.05, 4.69) is 15.7 Å². The fourth-order valence-corrected chi connectivity index (χ4v) is 2.16. The molecular formula is C13H14Cl2N4O. The molecule has 2 aromatic rings. The fraction of sp³-hybridized carbons (Fsp3) is 0.154. The van der Waals surface area contributed by atoms with Gasteiger partial charge in [0.1, 0.15) is 5.75 Å². The average Bonchev–Trinajstić information content (AvgIpc) is 2.42. The smallest absolute Gasteiger partial charge is 0.161 e. The molecule has 1 heterocycles. The van der Waals surface area contributed by atoms with Crippen LogP contribution in [0.4, 0.5) is 17.3 Å². The van der Waals surface area contributed by atoms with Crippen LogP contribution in [0.25, 0.3) is 0 Å². The zero-order valence-electron chi connectivity index (χ0n) is 11.0. The van der Waals surface area contributed by atoms with Gasteiger partial charge in [-0.2, -0.15) is 0 Å². The number of nitrogens with one attached hydrogen (secondary N) is 2. The first-order valence-electron chi connectivity index (χ1n) is 5.79. The predicted molar refractivity (Wildman–Crippen MR) is 83.1 cm³/mol. The van der Waals surface area contributed by atoms with Gasteiger partial charge in [0.15, 0.2) is 11.6 Å². The highest BCUT2D eigenvalue weighted by Crippen LogP contribution is 2.33. The largest absolute Gasteiger partial charge is 0.495 e. The van der Waals surface area contributed by atoms with Gasteiger partial charge in [0.25, 0.3) is 0 Å². The van der Waals surface area contributed by atoms with Crippen LogP contribution in [-0.4, -0.2) is 12.1 Å². The summed E-state index contributed by atoms with van der Waals surface area (Å²) in [6.45, 7) is 1.98. The summed E-state index contributed by atoms with van der Waals surface area (Å²) in [5.74, 6) is 6.81. The molecule has 4 N–H and O–H groups in total. The number of methoxy groups -OCH3 is 1. The molecule has 0 bridgehead atoms. The summed E-state index contributed by atoms with van der Waals surface area (Å²) < 4.78 is 5.29. The van der Waals surface area contributed by atoms with Crippen LogP contribution in [-0.2, 0) is 0 Å². The lowest BCUT2D eigenvalue weighted by Crippen LogP contribution is -2.10. The Hall–Kier alpha value is -1.69. The van der Waals surface area contributed by atoms with Crippen LogP contribution in [0.1, 0.15) is 5.56 Å². The number of nitrogen functional groups attached to an aromatic ring is 1. The Kier molecular flexibility index (Phi) is 4.54. The van der Waals surface area contributed by atoms with Gasteiger partial charge in [-0.1, -0.05) is 29.3 Å². The second-order valence-corrected chi connectivity index (χ2v) is 4.94. The lowest BCUT2D eigenvalue weighted by molar-refractivity contribution is 0.416. The maximum Gasteiger partial charge on any atom is 0.161 e. The maximum absolute atomic E-state index is 6.12. The van der Waals surface area contributed by atoms with Crippen LogP contribution in [0, 0.1) is 6.92 Å². The van der Waals surface area contributed by atoms with Crippen molar-refractivity contribution in [3.05, 3.63) is 39.9 Å². The van der Waals surface area contributed by atoms with Crippen LogP contribution < -0.4 is 21.3 Å². The summed E-state index contributed by atoms with van der Waals surface area (Å²) in [4.78, 5) is 4.22. The van der Waals surface area contributed by atoms with Crippen molar-refractivity contribution in [1.82, 2.24) is 4.98 Å². The van der Waals surface area contributed by atoms with E-state index in [0.29, 0.717) is 27.4 Å². The SMILES string of the molecule is COc1ccc(C)cc1Nc1nc(NN)c(Cl)cc1Cl. The molecule has 106 valence electrons. The minimum absolute atomic E-state index is 0.338. The van der Waals surface area contributed by atoms with Crippen molar-refractivity contribution in [1.29, 1.82) is 0 Å². The van der Waals surface area contributed by atoms with E-state index in [9.17, 15) is 0 Å². The Morgan fingerprint density at radius 3 is 2.50 bits per heavy atom. The van der Waals surface area contributed by atoms with Crippen LogP contribution in [0.2, 0.25) is 10.0 Å². The molecule has 5 nitrogen and oxygen atoms in total. The molecule has 2 rings (SSSR count). The number of rotatable bonds is 4. The third kappa shape index (κ3) is 3.07. The first-order chi connectivity index (χ1) is 9.55. The molecule has 0 saturated heterocycles. The van der Waals surface area contributed by atoms with Gasteiger partial charge in [-0.15, -0.1) is 0 Å². The minimum Gasteiger partial charge on any atom is -0.495 e. The molecule has 0 spiro atoms. The van der Waals surface area contributed by atoms with Gasteiger partial charge in [-0.05, 0) is 30.7 Å². The number of anilines is 3. The first-order valence-corrected chi connectivity index (χ1v) is 6.55. The number of hydrazine groups is 1. The number of halogens is 2. The van der Waals surface area contributed by atoms with Crippen molar-refractivity contribution in [3.63, 3.8) is 0 Å². The minimum atomic E-state index is 0.338. The van der Waals surface area contributed by atoms with Crippen molar-refractivity contribution in [3.8, 4) is 5.75 Å². The summed E-state index contributed by atoms with van der Waals surface area (Å²) in [5.41, 5.74) is 4.25. The molecule has 0 aliphatic heterocycles. The normalized spacial score (nSPS) is 10.2. The zero-order chi connectivity index (χ0) is 14.7. The summed E-state index contributed by atoms with van der Waals surface area (Å²) in [5, 5.41) is 3.85. The average molecular weight is 313 g/mol. The number of hydrogen-bond donors (Lipinski definition) is 3. The van der Waals surface area contributed by atoms with Crippen molar-refractivity contribution < 1.29 is 4.74 Å². The number of ether oxygens (including phenoxy) is 1. The van der Waals surface area contributed by atoms with Crippen molar-refractivity contribution in [2.45, 2.75) is 6.92 Å². The third-order valence-electron chi connectivity index (χ3n) is 2.67. The Morgan fingerprint density at radius 2 is 1.85 bits per heavy atom. The summed E-state index contributed by atoms with van der Waals surface area (Å²) in [7, 11) is 1.60. The Labute approximate surface area is 127 Å². The van der Waals surface area contributed by atoms with Crippen LogP contribution in [0.15, 0.2) is 24.3 Å². The van der Waals surface area contributed by atoms with Gasteiger partial charge < -0.3 is 15.5 Å². The fourth-order valence-electron chi connectivity index (χ4n) is 1.70. The number of aryl methyl sites for hydroxylation is 1. The van der Waals surface area contributed by atoms with Gasteiger partial charge >= 0.3 is 0 Å². The van der Waals surface area contributed by atoms with E-state index in [4.69, 9.17) is 33.8 Å². The lowest BCUT2D eigenvalue weighted by atomic mass is 10.2. The monoisotopic (exact) mass is 312 g/mol. The highest BCUT2D eigenvalue weighted by molar-refractivity contribution is 6.37. The lowest BCUT2D eigenvalue weighted by Gasteiger charge is -2.14. The second kappa shape index (κ2) is 6.17. The number of aromatic nitrogens is 1. The van der Waals surface area contributed by atoms with Crippen LogP contribution >= 0.6 is 23.2 Å². The van der Waals surface area contributed by atoms with E-state index in [1.807, 2.05) is 25.1 Å². The number of nitrogens with zero attached hydrogens (tertiary/aromatic N) is 1. The molecule has 0 fully saturated rings. The standard InChI is InChI=1S/C13H14Cl2N4O/c1-7-3-4-11(20-2)10(5-7)17-12-8(14)6-9(15)13(18-12)19-16/h3-6H,16H2,1-2H3,(H2,17,18,19). The molecule has 0 unspecified atom stereocenters. The third-order valence-corrected chi connectivity index (χ3v) is 3.25. The molecule has 0 radical (unpaired) electrons. The highest BCUT2D eigenvalue weighted by Gasteiger charge is 2.11. The molecule has 0 atom stereocenters. The van der Waals surface area contributed by atoms with Crippen molar-refractivity contribution in [2.24, 2.45) is 5.84 Å². The van der Waals surface area contributed by atoms with Crippen LogP contribution in [0.5, 0.6) is 5.75 Å². The number of hydrogen-bond acceptors (Lipinski definition) is 5. The summed E-state index contributed by atoms with van der Waals surface area (Å²) >= 11 is 12.1. The maximum atomic E-state index is 6.12. The molecule has 0 aliphatic carbocycles. The molecule has 0 amide bonds. The van der Waals surface area contributed by atoms with Crippen molar-refractivity contribution >= 4 is 40.5 Å². The first kappa shape index (κ1) is 14.7. The van der Waals surface area contributed by atoms with Gasteiger partial charge in [0.2, 0.25) is 0 Å². The van der Waals surface area contributed by atoms with Crippen LogP contribution in [0.3, 0.4) is 0 Å². The van der Waals surface area contributed by atoms with E-state index in [1.54, 1.807) is 13.2 Å². The predicted octanol–water partition coefficient (Wildman–Crippen LogP) is 3.73. The molecular weight excluding hydrogens is 299 g/mol. The molecule has 1 aromatic carbocycles. The van der Waals surface area contributed by atoms with Gasteiger partial charge in [0.05, 0.1) is 22.8 Å². The number of pyridine rings is 1. The second-order valence-electron chi connectivity index (χ2n) is 4.12. The van der Waals surface area contributed by atoms with E-state index in [-0.39, 0.29) is 0 Å². The topological polar surface area (TPSA) is 72.2 Å². The molecule has 0 saturated carbocycles. The van der Waals surface area contributed by atoms with E-state index >= 15 is 0 Å². The molecule has 20 heavy (non-hydrogen) atoms. The molecule has 1 aromatic heterocycles. The molecule has 0 aliphatic rings. The van der Waals surface area contributed by atoms with E-state index < -0.39 is 0 Å². The van der Waals surface area contributed by atoms with Gasteiger partial charge in [-0.3, -0.25) is 0 Å². The quantitative estimate of drug-likeness (QED) is 0.592. The summed E-state index contributed by atoms with van der Waals surface area (Å²) in [6, 6.07) is 7.31. The number of nitrogens with two attached hydrogens (primary N) is 1. The highest BCUT2D eigenvalue weighted by atomic mass is 35.5. The Balaban J connectivity index is 2.41.